The first-order valence-electron chi connectivity index (χ1n) is 6.67. The quantitative estimate of drug-likeness (QED) is 0.844. The number of nitrogens with zero attached hydrogens (tertiary/aromatic N) is 2. The number of benzene rings is 1. The molecule has 5 nitrogen and oxygen atoms in total. The summed E-state index contributed by atoms with van der Waals surface area (Å²) in [6.07, 6.45) is 1.90. The Kier molecular flexibility index (Phi) is 4.02. The molecule has 1 aromatic carbocycles. The lowest BCUT2D eigenvalue weighted by molar-refractivity contribution is 0.218. The van der Waals surface area contributed by atoms with Crippen LogP contribution in [0.15, 0.2) is 23.1 Å². The van der Waals surface area contributed by atoms with Crippen molar-refractivity contribution in [3.05, 3.63) is 23.8 Å². The van der Waals surface area contributed by atoms with Crippen LogP contribution in [0.4, 0.5) is 5.69 Å². The van der Waals surface area contributed by atoms with Crippen LogP contribution < -0.4 is 5.73 Å². The minimum Gasteiger partial charge on any atom is -0.398 e. The molecule has 2 atom stereocenters. The lowest BCUT2D eigenvalue weighted by Crippen LogP contribution is -2.44. The molecule has 1 saturated heterocycles. The van der Waals surface area contributed by atoms with E-state index in [2.05, 4.69) is 6.92 Å². The molecule has 108 valence electrons. The minimum atomic E-state index is -3.60. The third kappa shape index (κ3) is 2.65. The zero-order valence-corrected chi connectivity index (χ0v) is 12.5. The Labute approximate surface area is 120 Å². The number of nitrogen functional groups attached to an aromatic ring is 1. The van der Waals surface area contributed by atoms with Crippen LogP contribution >= 0.6 is 0 Å². The van der Waals surface area contributed by atoms with Crippen molar-refractivity contribution in [2.24, 2.45) is 5.92 Å². The Hall–Kier alpha value is -1.58. The molecule has 0 saturated carbocycles. The second kappa shape index (κ2) is 5.43. The first-order chi connectivity index (χ1) is 9.36. The lowest BCUT2D eigenvalue weighted by atomic mass is 9.97. The molecule has 0 bridgehead atoms. The molecule has 0 aromatic heterocycles. The third-order valence-electron chi connectivity index (χ3n) is 3.79. The highest BCUT2D eigenvalue weighted by Crippen LogP contribution is 2.30. The Balaban J connectivity index is 2.42. The van der Waals surface area contributed by atoms with E-state index in [0.717, 1.165) is 12.8 Å². The summed E-state index contributed by atoms with van der Waals surface area (Å²) in [5, 5.41) is 8.82. The van der Waals surface area contributed by atoms with Crippen molar-refractivity contribution in [2.75, 3.05) is 12.3 Å². The van der Waals surface area contributed by atoms with Gasteiger partial charge in [-0.1, -0.05) is 6.92 Å². The average molecular weight is 293 g/mol. The summed E-state index contributed by atoms with van der Waals surface area (Å²) >= 11 is 0. The van der Waals surface area contributed by atoms with E-state index in [4.69, 9.17) is 11.0 Å². The minimum absolute atomic E-state index is 0.0220. The monoisotopic (exact) mass is 293 g/mol. The molecule has 6 heteroatoms. The van der Waals surface area contributed by atoms with Gasteiger partial charge in [0, 0.05) is 12.6 Å². The number of hydrogen-bond acceptors (Lipinski definition) is 4. The Morgan fingerprint density at radius 3 is 2.65 bits per heavy atom. The van der Waals surface area contributed by atoms with Gasteiger partial charge in [0.1, 0.15) is 4.90 Å². The summed E-state index contributed by atoms with van der Waals surface area (Å²) in [6.45, 7) is 4.49. The molecule has 20 heavy (non-hydrogen) atoms. The summed E-state index contributed by atoms with van der Waals surface area (Å²) in [5.41, 5.74) is 6.31. The van der Waals surface area contributed by atoms with E-state index < -0.39 is 10.0 Å². The van der Waals surface area contributed by atoms with Crippen molar-refractivity contribution in [3.63, 3.8) is 0 Å². The summed E-state index contributed by atoms with van der Waals surface area (Å²) in [4.78, 5) is 0.0949. The van der Waals surface area contributed by atoms with Gasteiger partial charge in [-0.25, -0.2) is 8.42 Å². The molecule has 2 unspecified atom stereocenters. The van der Waals surface area contributed by atoms with Crippen LogP contribution in [-0.4, -0.2) is 25.3 Å². The number of rotatable bonds is 2. The van der Waals surface area contributed by atoms with Crippen LogP contribution in [0.5, 0.6) is 0 Å². The maximum absolute atomic E-state index is 12.7. The SMILES string of the molecule is CC1CCC(C)N(S(=O)(=O)c2ccc(C#N)cc2N)C1. The van der Waals surface area contributed by atoms with Crippen molar-refractivity contribution in [1.29, 1.82) is 5.26 Å². The number of piperidine rings is 1. The van der Waals surface area contributed by atoms with E-state index in [1.54, 1.807) is 0 Å². The van der Waals surface area contributed by atoms with Crippen molar-refractivity contribution in [1.82, 2.24) is 4.31 Å². The van der Waals surface area contributed by atoms with Crippen molar-refractivity contribution < 1.29 is 8.42 Å². The van der Waals surface area contributed by atoms with Crippen molar-refractivity contribution in [2.45, 2.75) is 37.6 Å². The van der Waals surface area contributed by atoms with Gasteiger partial charge in [0.25, 0.3) is 0 Å². The largest absolute Gasteiger partial charge is 0.398 e. The van der Waals surface area contributed by atoms with Gasteiger partial charge in [-0.15, -0.1) is 0 Å². The van der Waals surface area contributed by atoms with Crippen LogP contribution in [0.3, 0.4) is 0 Å². The zero-order valence-electron chi connectivity index (χ0n) is 11.7. The summed E-state index contributed by atoms with van der Waals surface area (Å²) in [6, 6.07) is 6.25. The molecule has 0 amide bonds. The molecule has 0 radical (unpaired) electrons. The van der Waals surface area contributed by atoms with Gasteiger partial charge >= 0.3 is 0 Å². The summed E-state index contributed by atoms with van der Waals surface area (Å²) in [5.74, 6) is 0.348. The Morgan fingerprint density at radius 2 is 2.05 bits per heavy atom. The molecule has 1 heterocycles. The number of nitriles is 1. The molecule has 2 N–H and O–H groups in total. The van der Waals surface area contributed by atoms with E-state index in [0.29, 0.717) is 18.0 Å². The van der Waals surface area contributed by atoms with Crippen LogP contribution in [0.2, 0.25) is 0 Å². The standard InChI is InChI=1S/C14H19N3O2S/c1-10-3-4-11(2)17(9-10)20(18,19)14-6-5-12(8-15)7-13(14)16/h5-7,10-11H,3-4,9,16H2,1-2H3. The Morgan fingerprint density at radius 1 is 1.35 bits per heavy atom. The van der Waals surface area contributed by atoms with Gasteiger partial charge < -0.3 is 5.73 Å². The number of hydrogen-bond donors (Lipinski definition) is 1. The van der Waals surface area contributed by atoms with Crippen LogP contribution in [0.25, 0.3) is 0 Å². The topological polar surface area (TPSA) is 87.2 Å². The third-order valence-corrected chi connectivity index (χ3v) is 5.84. The van der Waals surface area contributed by atoms with E-state index in [1.165, 1.54) is 22.5 Å². The zero-order chi connectivity index (χ0) is 14.9. The molecule has 0 spiro atoms. The molecule has 1 fully saturated rings. The van der Waals surface area contributed by atoms with E-state index in [9.17, 15) is 8.42 Å². The van der Waals surface area contributed by atoms with Crippen molar-refractivity contribution >= 4 is 15.7 Å². The highest BCUT2D eigenvalue weighted by atomic mass is 32.2. The molecule has 1 aliphatic heterocycles. The smallest absolute Gasteiger partial charge is 0.245 e. The highest BCUT2D eigenvalue weighted by molar-refractivity contribution is 7.89. The van der Waals surface area contributed by atoms with E-state index >= 15 is 0 Å². The average Bonchev–Trinajstić information content (AvgIpc) is 2.40. The highest BCUT2D eigenvalue weighted by Gasteiger charge is 2.34. The van der Waals surface area contributed by atoms with E-state index in [1.807, 2.05) is 13.0 Å². The van der Waals surface area contributed by atoms with Gasteiger partial charge in [-0.3, -0.25) is 0 Å². The van der Waals surface area contributed by atoms with Gasteiger partial charge in [-0.2, -0.15) is 9.57 Å². The molecule has 1 aliphatic rings. The predicted octanol–water partition coefficient (Wildman–Crippen LogP) is 1.95. The van der Waals surface area contributed by atoms with Gasteiger partial charge in [0.05, 0.1) is 17.3 Å². The lowest BCUT2D eigenvalue weighted by Gasteiger charge is -2.35. The predicted molar refractivity (Wildman–Crippen MR) is 77.3 cm³/mol. The second-order valence-corrected chi connectivity index (χ2v) is 7.33. The fourth-order valence-corrected chi connectivity index (χ4v) is 4.44. The molecular formula is C14H19N3O2S. The molecule has 2 rings (SSSR count). The molecular weight excluding hydrogens is 274 g/mol. The first kappa shape index (κ1) is 14.8. The van der Waals surface area contributed by atoms with Gasteiger partial charge in [-0.05, 0) is 43.9 Å². The summed E-state index contributed by atoms with van der Waals surface area (Å²) in [7, 11) is -3.60. The normalized spacial score (nSPS) is 24.2. The molecule has 1 aromatic rings. The fourth-order valence-electron chi connectivity index (χ4n) is 2.56. The summed E-state index contributed by atoms with van der Waals surface area (Å²) < 4.78 is 27.0. The maximum atomic E-state index is 12.7. The van der Waals surface area contributed by atoms with Gasteiger partial charge in [0.2, 0.25) is 10.0 Å². The second-order valence-electron chi connectivity index (χ2n) is 5.47. The van der Waals surface area contributed by atoms with Crippen molar-refractivity contribution in [3.8, 4) is 6.07 Å². The van der Waals surface area contributed by atoms with Crippen LogP contribution in [-0.2, 0) is 10.0 Å². The fraction of sp³-hybridized carbons (Fsp3) is 0.500. The van der Waals surface area contributed by atoms with Gasteiger partial charge in [0.15, 0.2) is 0 Å². The van der Waals surface area contributed by atoms with Crippen LogP contribution in [0, 0.1) is 17.2 Å². The van der Waals surface area contributed by atoms with E-state index in [-0.39, 0.29) is 16.6 Å². The van der Waals surface area contributed by atoms with Crippen LogP contribution in [0.1, 0.15) is 32.3 Å². The number of nitrogens with two attached hydrogens (primary N) is 1. The first-order valence-corrected chi connectivity index (χ1v) is 8.11. The number of sulfonamides is 1. The maximum Gasteiger partial charge on any atom is 0.245 e. The number of anilines is 1. The molecule has 0 aliphatic carbocycles. The Bertz CT molecular complexity index is 649.